The third kappa shape index (κ3) is 5.05. The van der Waals surface area contributed by atoms with Gasteiger partial charge in [0.1, 0.15) is 0 Å². The Morgan fingerprint density at radius 2 is 1.84 bits per heavy atom. The number of carbonyl (C=O) groups is 2. The number of hydrogen-bond donors (Lipinski definition) is 1. The van der Waals surface area contributed by atoms with Gasteiger partial charge in [0.05, 0.1) is 12.5 Å². The van der Waals surface area contributed by atoms with Crippen LogP contribution in [0, 0.1) is 0 Å². The second-order valence-electron chi connectivity index (χ2n) is 7.07. The largest absolute Gasteiger partial charge is 0.343 e. The molecule has 0 radical (unpaired) electrons. The Labute approximate surface area is 150 Å². The van der Waals surface area contributed by atoms with E-state index in [9.17, 15) is 9.59 Å². The van der Waals surface area contributed by atoms with E-state index in [4.69, 9.17) is 0 Å². The van der Waals surface area contributed by atoms with Crippen LogP contribution in [0.4, 0.5) is 0 Å². The molecule has 2 saturated heterocycles. The predicted molar refractivity (Wildman–Crippen MR) is 98.2 cm³/mol. The zero-order chi connectivity index (χ0) is 17.5. The van der Waals surface area contributed by atoms with Crippen LogP contribution in [0.15, 0.2) is 30.3 Å². The van der Waals surface area contributed by atoms with Crippen LogP contribution < -0.4 is 5.32 Å². The molecule has 2 aliphatic rings. The zero-order valence-corrected chi connectivity index (χ0v) is 15.0. The topological polar surface area (TPSA) is 52.7 Å². The smallest absolute Gasteiger partial charge is 0.240 e. The van der Waals surface area contributed by atoms with Crippen molar-refractivity contribution in [1.29, 1.82) is 0 Å². The van der Waals surface area contributed by atoms with Crippen molar-refractivity contribution in [3.8, 4) is 0 Å². The third-order valence-electron chi connectivity index (χ3n) is 5.21. The van der Waals surface area contributed by atoms with Crippen molar-refractivity contribution in [3.05, 3.63) is 35.9 Å². The first kappa shape index (κ1) is 17.9. The van der Waals surface area contributed by atoms with E-state index in [2.05, 4.69) is 17.4 Å². The van der Waals surface area contributed by atoms with Crippen LogP contribution in [0.25, 0.3) is 0 Å². The number of aryl methyl sites for hydroxylation is 1. The summed E-state index contributed by atoms with van der Waals surface area (Å²) < 4.78 is 0. The van der Waals surface area contributed by atoms with Gasteiger partial charge in [-0.25, -0.2) is 0 Å². The lowest BCUT2D eigenvalue weighted by molar-refractivity contribution is -0.141. The van der Waals surface area contributed by atoms with Crippen molar-refractivity contribution in [2.75, 3.05) is 32.7 Å². The number of hydrogen-bond acceptors (Lipinski definition) is 3. The van der Waals surface area contributed by atoms with Gasteiger partial charge in [0.25, 0.3) is 0 Å². The molecule has 2 fully saturated rings. The molecular weight excluding hydrogens is 314 g/mol. The number of carbonyl (C=O) groups excluding carboxylic acids is 2. The molecule has 2 aliphatic heterocycles. The van der Waals surface area contributed by atoms with Crippen molar-refractivity contribution in [1.82, 2.24) is 15.1 Å². The molecule has 2 heterocycles. The summed E-state index contributed by atoms with van der Waals surface area (Å²) in [4.78, 5) is 29.0. The molecule has 0 saturated carbocycles. The lowest BCUT2D eigenvalue weighted by Gasteiger charge is -2.34. The molecule has 25 heavy (non-hydrogen) atoms. The summed E-state index contributed by atoms with van der Waals surface area (Å²) in [6.07, 6.45) is 5.62. The Hall–Kier alpha value is -1.88. The molecule has 1 atom stereocenters. The van der Waals surface area contributed by atoms with E-state index in [-0.39, 0.29) is 17.9 Å². The van der Waals surface area contributed by atoms with Crippen LogP contribution in [-0.4, -0.2) is 60.4 Å². The molecule has 0 aromatic heterocycles. The van der Waals surface area contributed by atoms with Crippen molar-refractivity contribution in [3.63, 3.8) is 0 Å². The van der Waals surface area contributed by atoms with Crippen molar-refractivity contribution < 1.29 is 9.59 Å². The zero-order valence-electron chi connectivity index (χ0n) is 15.0. The SMILES string of the molecule is O=C(CC1NCCN(CCCc2ccccc2)C1=O)N1CCCCC1. The fourth-order valence-corrected chi connectivity index (χ4v) is 3.74. The van der Waals surface area contributed by atoms with Crippen LogP contribution in [0.1, 0.15) is 37.7 Å². The van der Waals surface area contributed by atoms with Gasteiger partial charge in [-0.15, -0.1) is 0 Å². The fourth-order valence-electron chi connectivity index (χ4n) is 3.74. The highest BCUT2D eigenvalue weighted by molar-refractivity contribution is 5.89. The molecule has 5 heteroatoms. The van der Waals surface area contributed by atoms with Crippen LogP contribution in [0.2, 0.25) is 0 Å². The highest BCUT2D eigenvalue weighted by atomic mass is 16.2. The summed E-state index contributed by atoms with van der Waals surface area (Å²) in [6.45, 7) is 3.97. The van der Waals surface area contributed by atoms with Gasteiger partial charge < -0.3 is 15.1 Å². The lowest BCUT2D eigenvalue weighted by atomic mass is 10.1. The molecule has 1 unspecified atom stereocenters. The molecule has 5 nitrogen and oxygen atoms in total. The summed E-state index contributed by atoms with van der Waals surface area (Å²) in [6, 6.07) is 10.0. The number of amides is 2. The quantitative estimate of drug-likeness (QED) is 0.857. The summed E-state index contributed by atoms with van der Waals surface area (Å²) >= 11 is 0. The average Bonchev–Trinajstić information content (AvgIpc) is 2.66. The van der Waals surface area contributed by atoms with E-state index < -0.39 is 0 Å². The maximum Gasteiger partial charge on any atom is 0.240 e. The average molecular weight is 343 g/mol. The molecule has 3 rings (SSSR count). The number of nitrogens with zero attached hydrogens (tertiary/aromatic N) is 2. The van der Waals surface area contributed by atoms with Crippen molar-refractivity contribution in [2.45, 2.75) is 44.6 Å². The first-order valence-corrected chi connectivity index (χ1v) is 9.58. The van der Waals surface area contributed by atoms with Crippen molar-refractivity contribution in [2.24, 2.45) is 0 Å². The Morgan fingerprint density at radius 1 is 1.08 bits per heavy atom. The van der Waals surface area contributed by atoms with E-state index in [1.807, 2.05) is 28.0 Å². The number of rotatable bonds is 6. The normalized spacial score (nSPS) is 21.4. The second-order valence-corrected chi connectivity index (χ2v) is 7.07. The van der Waals surface area contributed by atoms with Crippen LogP contribution in [0.3, 0.4) is 0 Å². The minimum absolute atomic E-state index is 0.0877. The summed E-state index contributed by atoms with van der Waals surface area (Å²) in [5.74, 6) is 0.210. The summed E-state index contributed by atoms with van der Waals surface area (Å²) in [7, 11) is 0. The molecule has 1 aromatic rings. The second kappa shape index (κ2) is 8.99. The van der Waals surface area contributed by atoms with E-state index in [0.29, 0.717) is 6.42 Å². The van der Waals surface area contributed by atoms with Crippen molar-refractivity contribution >= 4 is 11.8 Å². The maximum atomic E-state index is 12.7. The molecule has 0 aliphatic carbocycles. The lowest BCUT2D eigenvalue weighted by Crippen LogP contribution is -2.56. The van der Waals surface area contributed by atoms with E-state index in [1.165, 1.54) is 12.0 Å². The fraction of sp³-hybridized carbons (Fsp3) is 0.600. The first-order valence-electron chi connectivity index (χ1n) is 9.58. The van der Waals surface area contributed by atoms with Gasteiger partial charge in [0.2, 0.25) is 11.8 Å². The number of benzene rings is 1. The van der Waals surface area contributed by atoms with E-state index in [0.717, 1.165) is 58.4 Å². The van der Waals surface area contributed by atoms with Gasteiger partial charge in [-0.1, -0.05) is 30.3 Å². The van der Waals surface area contributed by atoms with Crippen LogP contribution >= 0.6 is 0 Å². The van der Waals surface area contributed by atoms with Gasteiger partial charge in [-0.2, -0.15) is 0 Å². The highest BCUT2D eigenvalue weighted by Gasteiger charge is 2.31. The highest BCUT2D eigenvalue weighted by Crippen LogP contribution is 2.13. The van der Waals surface area contributed by atoms with E-state index >= 15 is 0 Å². The van der Waals surface area contributed by atoms with Gasteiger partial charge in [-0.3, -0.25) is 9.59 Å². The molecular formula is C20H29N3O2. The molecule has 0 bridgehead atoms. The Balaban J connectivity index is 1.46. The van der Waals surface area contributed by atoms with Gasteiger partial charge in [0, 0.05) is 32.7 Å². The first-order chi connectivity index (χ1) is 12.2. The standard InChI is InChI=1S/C20H29N3O2/c24-19(22-12-5-2-6-13-22)16-18-20(25)23(15-11-21-18)14-7-10-17-8-3-1-4-9-17/h1,3-4,8-9,18,21H,2,5-7,10-16H2. The summed E-state index contributed by atoms with van der Waals surface area (Å²) in [5, 5.41) is 3.24. The minimum atomic E-state index is -0.347. The van der Waals surface area contributed by atoms with E-state index in [1.54, 1.807) is 0 Å². The minimum Gasteiger partial charge on any atom is -0.343 e. The summed E-state index contributed by atoms with van der Waals surface area (Å²) in [5.41, 5.74) is 1.31. The Morgan fingerprint density at radius 3 is 2.60 bits per heavy atom. The molecule has 1 aromatic carbocycles. The molecule has 136 valence electrons. The van der Waals surface area contributed by atoms with Crippen LogP contribution in [0.5, 0.6) is 0 Å². The molecule has 0 spiro atoms. The third-order valence-corrected chi connectivity index (χ3v) is 5.21. The predicted octanol–water partition coefficient (Wildman–Crippen LogP) is 1.82. The van der Waals surface area contributed by atoms with Gasteiger partial charge in [0.15, 0.2) is 0 Å². The number of nitrogens with one attached hydrogen (secondary N) is 1. The van der Waals surface area contributed by atoms with Gasteiger partial charge in [-0.05, 0) is 37.7 Å². The monoisotopic (exact) mass is 343 g/mol. The number of likely N-dealkylation sites (tertiary alicyclic amines) is 1. The Kier molecular flexibility index (Phi) is 6.45. The molecule has 1 N–H and O–H groups in total. The maximum absolute atomic E-state index is 12.7. The number of piperidine rings is 1. The Bertz CT molecular complexity index is 570. The van der Waals surface area contributed by atoms with Crippen LogP contribution in [-0.2, 0) is 16.0 Å². The molecule has 2 amide bonds. The van der Waals surface area contributed by atoms with Gasteiger partial charge >= 0.3 is 0 Å². The number of piperazine rings is 1.